The summed E-state index contributed by atoms with van der Waals surface area (Å²) in [5.41, 5.74) is -0.498. The highest BCUT2D eigenvalue weighted by Gasteiger charge is 2.28. The van der Waals surface area contributed by atoms with Gasteiger partial charge in [-0.05, 0) is 40.7 Å². The Morgan fingerprint density at radius 2 is 2.08 bits per heavy atom. The minimum Gasteiger partial charge on any atom is -0.444 e. The molecule has 2 rings (SSSR count). The Bertz CT molecular complexity index is 587. The maximum absolute atomic E-state index is 12.1. The van der Waals surface area contributed by atoms with E-state index in [1.165, 1.54) is 12.4 Å². The van der Waals surface area contributed by atoms with Crippen molar-refractivity contribution >= 4 is 11.8 Å². The number of rotatable bonds is 4. The predicted octanol–water partition coefficient (Wildman–Crippen LogP) is 2.08. The molecule has 24 heavy (non-hydrogen) atoms. The highest BCUT2D eigenvalue weighted by Crippen LogP contribution is 2.19. The third-order valence-corrected chi connectivity index (χ3v) is 3.94. The second kappa shape index (κ2) is 7.16. The van der Waals surface area contributed by atoms with Crippen LogP contribution >= 0.6 is 0 Å². The molecule has 0 aliphatic carbocycles. The lowest BCUT2D eigenvalue weighted by Crippen LogP contribution is -2.47. The van der Waals surface area contributed by atoms with Crippen molar-refractivity contribution in [2.45, 2.75) is 51.9 Å². The molecule has 1 aromatic rings. The van der Waals surface area contributed by atoms with Gasteiger partial charge in [-0.15, -0.1) is 0 Å². The molecule has 1 saturated heterocycles. The van der Waals surface area contributed by atoms with E-state index in [0.717, 1.165) is 12.8 Å². The van der Waals surface area contributed by atoms with Crippen molar-refractivity contribution < 1.29 is 14.5 Å². The van der Waals surface area contributed by atoms with Crippen LogP contribution in [-0.2, 0) is 11.4 Å². The molecule has 1 amide bonds. The molecule has 0 aromatic carbocycles. The minimum atomic E-state index is -0.487. The van der Waals surface area contributed by atoms with Gasteiger partial charge in [0.1, 0.15) is 18.0 Å². The predicted molar refractivity (Wildman–Crippen MR) is 87.5 cm³/mol. The van der Waals surface area contributed by atoms with Gasteiger partial charge in [0, 0.05) is 19.1 Å². The molecule has 1 fully saturated rings. The maximum atomic E-state index is 12.1. The highest BCUT2D eigenvalue weighted by atomic mass is 16.6. The maximum Gasteiger partial charge on any atom is 0.410 e. The SMILES string of the molecule is CN(Cn1cc([N+](=O)[O-])cn1)C1CCN(C(=O)OC(C)(C)C)CC1. The zero-order valence-corrected chi connectivity index (χ0v) is 14.6. The van der Waals surface area contributed by atoms with Crippen LogP contribution in [0, 0.1) is 10.1 Å². The molecule has 1 aliphatic rings. The molecule has 9 heteroatoms. The summed E-state index contributed by atoms with van der Waals surface area (Å²) in [4.78, 5) is 26.1. The van der Waals surface area contributed by atoms with Gasteiger partial charge in [-0.1, -0.05) is 0 Å². The summed E-state index contributed by atoms with van der Waals surface area (Å²) in [6.07, 6.45) is 4.06. The van der Waals surface area contributed by atoms with Crippen LogP contribution in [0.5, 0.6) is 0 Å². The first-order valence-electron chi connectivity index (χ1n) is 8.01. The van der Waals surface area contributed by atoms with E-state index < -0.39 is 10.5 Å². The molecular weight excluding hydrogens is 314 g/mol. The number of carbonyl (C=O) groups excluding carboxylic acids is 1. The largest absolute Gasteiger partial charge is 0.444 e. The van der Waals surface area contributed by atoms with E-state index in [0.29, 0.717) is 25.8 Å². The van der Waals surface area contributed by atoms with Crippen molar-refractivity contribution in [3.05, 3.63) is 22.5 Å². The third-order valence-electron chi connectivity index (χ3n) is 3.94. The van der Waals surface area contributed by atoms with Crippen molar-refractivity contribution in [1.82, 2.24) is 19.6 Å². The van der Waals surface area contributed by atoms with Crippen molar-refractivity contribution in [3.8, 4) is 0 Å². The Morgan fingerprint density at radius 1 is 1.46 bits per heavy atom. The van der Waals surface area contributed by atoms with Gasteiger partial charge >= 0.3 is 11.8 Å². The number of piperidine rings is 1. The van der Waals surface area contributed by atoms with Crippen LogP contribution in [-0.4, -0.2) is 62.4 Å². The molecule has 1 aromatic heterocycles. The van der Waals surface area contributed by atoms with Crippen LogP contribution in [0.1, 0.15) is 33.6 Å². The molecule has 0 atom stereocenters. The third kappa shape index (κ3) is 4.92. The van der Waals surface area contributed by atoms with Crippen LogP contribution in [0.3, 0.4) is 0 Å². The number of carbonyl (C=O) groups is 1. The second-order valence-corrected chi connectivity index (χ2v) is 7.09. The van der Waals surface area contributed by atoms with Gasteiger partial charge in [0.2, 0.25) is 0 Å². The Balaban J connectivity index is 1.82. The van der Waals surface area contributed by atoms with Gasteiger partial charge in [0.25, 0.3) is 0 Å². The number of amides is 1. The molecule has 0 radical (unpaired) electrons. The van der Waals surface area contributed by atoms with Gasteiger partial charge in [0.15, 0.2) is 0 Å². The lowest BCUT2D eigenvalue weighted by atomic mass is 10.0. The average Bonchev–Trinajstić information content (AvgIpc) is 2.94. The van der Waals surface area contributed by atoms with Crippen LogP contribution in [0.25, 0.3) is 0 Å². The smallest absolute Gasteiger partial charge is 0.410 e. The average molecular weight is 339 g/mol. The van der Waals surface area contributed by atoms with Crippen molar-refractivity contribution in [2.24, 2.45) is 0 Å². The number of hydrogen-bond donors (Lipinski definition) is 0. The lowest BCUT2D eigenvalue weighted by Gasteiger charge is -2.37. The molecule has 9 nitrogen and oxygen atoms in total. The van der Waals surface area contributed by atoms with Crippen LogP contribution in [0.15, 0.2) is 12.4 Å². The summed E-state index contributed by atoms with van der Waals surface area (Å²) in [5.74, 6) is 0. The van der Waals surface area contributed by atoms with E-state index >= 15 is 0 Å². The first kappa shape index (κ1) is 18.2. The summed E-state index contributed by atoms with van der Waals surface area (Å²) in [7, 11) is 1.96. The second-order valence-electron chi connectivity index (χ2n) is 7.09. The fraction of sp³-hybridized carbons (Fsp3) is 0.733. The first-order valence-corrected chi connectivity index (χ1v) is 8.01. The Hall–Kier alpha value is -2.16. The van der Waals surface area contributed by atoms with Gasteiger partial charge in [-0.3, -0.25) is 19.7 Å². The number of hydrogen-bond acceptors (Lipinski definition) is 6. The molecule has 0 N–H and O–H groups in total. The molecule has 2 heterocycles. The Morgan fingerprint density at radius 3 is 2.58 bits per heavy atom. The summed E-state index contributed by atoms with van der Waals surface area (Å²) >= 11 is 0. The molecule has 0 spiro atoms. The van der Waals surface area contributed by atoms with Crippen LogP contribution < -0.4 is 0 Å². The van der Waals surface area contributed by atoms with E-state index in [1.807, 2.05) is 27.8 Å². The summed E-state index contributed by atoms with van der Waals surface area (Å²) in [6, 6.07) is 0.298. The topological polar surface area (TPSA) is 93.7 Å². The van der Waals surface area contributed by atoms with E-state index in [2.05, 4.69) is 10.00 Å². The van der Waals surface area contributed by atoms with Crippen molar-refractivity contribution in [2.75, 3.05) is 20.1 Å². The quantitative estimate of drug-likeness (QED) is 0.616. The fourth-order valence-electron chi connectivity index (χ4n) is 2.68. The van der Waals surface area contributed by atoms with Crippen LogP contribution in [0.4, 0.5) is 10.5 Å². The molecule has 134 valence electrons. The molecule has 0 bridgehead atoms. The van der Waals surface area contributed by atoms with Crippen molar-refractivity contribution in [1.29, 1.82) is 0 Å². The van der Waals surface area contributed by atoms with Gasteiger partial charge in [0.05, 0.1) is 11.6 Å². The first-order chi connectivity index (χ1) is 11.2. The van der Waals surface area contributed by atoms with E-state index in [4.69, 9.17) is 4.74 Å². The van der Waals surface area contributed by atoms with E-state index in [-0.39, 0.29) is 11.8 Å². The Kier molecular flexibility index (Phi) is 5.43. The van der Waals surface area contributed by atoms with Gasteiger partial charge in [-0.2, -0.15) is 5.10 Å². The van der Waals surface area contributed by atoms with Crippen LogP contribution in [0.2, 0.25) is 0 Å². The summed E-state index contributed by atoms with van der Waals surface area (Å²) < 4.78 is 6.94. The van der Waals surface area contributed by atoms with E-state index in [9.17, 15) is 14.9 Å². The molecule has 0 saturated carbocycles. The van der Waals surface area contributed by atoms with Crippen molar-refractivity contribution in [3.63, 3.8) is 0 Å². The lowest BCUT2D eigenvalue weighted by molar-refractivity contribution is -0.385. The molecular formula is C15H25N5O4. The fourth-order valence-corrected chi connectivity index (χ4v) is 2.68. The zero-order chi connectivity index (χ0) is 17.9. The number of ether oxygens (including phenoxy) is 1. The number of likely N-dealkylation sites (tertiary alicyclic amines) is 1. The summed E-state index contributed by atoms with van der Waals surface area (Å²) in [5, 5.41) is 14.7. The van der Waals surface area contributed by atoms with E-state index in [1.54, 1.807) is 9.58 Å². The standard InChI is InChI=1S/C15H25N5O4/c1-15(2,3)24-14(21)18-7-5-12(6-8-18)17(4)11-19-10-13(9-16-19)20(22)23/h9-10,12H,5-8,11H2,1-4H3. The highest BCUT2D eigenvalue weighted by molar-refractivity contribution is 5.68. The number of aromatic nitrogens is 2. The van der Waals surface area contributed by atoms with Gasteiger partial charge < -0.3 is 9.64 Å². The number of nitrogens with zero attached hydrogens (tertiary/aromatic N) is 5. The van der Waals surface area contributed by atoms with Gasteiger partial charge in [-0.25, -0.2) is 4.79 Å². The zero-order valence-electron chi connectivity index (χ0n) is 14.6. The molecule has 0 unspecified atom stereocenters. The normalized spacial score (nSPS) is 16.5. The minimum absolute atomic E-state index is 0.0110. The number of nitro groups is 1. The summed E-state index contributed by atoms with van der Waals surface area (Å²) in [6.45, 7) is 7.33. The molecule has 1 aliphatic heterocycles. The monoisotopic (exact) mass is 339 g/mol. The Labute approximate surface area is 141 Å².